The third-order valence-corrected chi connectivity index (χ3v) is 2.78. The molecule has 1 N–H and O–H groups in total. The van der Waals surface area contributed by atoms with Crippen LogP contribution >= 0.6 is 0 Å². The molecule has 0 fully saturated rings. The summed E-state index contributed by atoms with van der Waals surface area (Å²) in [6.07, 6.45) is 6.85. The summed E-state index contributed by atoms with van der Waals surface area (Å²) in [5, 5.41) is 3.36. The van der Waals surface area contributed by atoms with Crippen LogP contribution < -0.4 is 5.32 Å². The third-order valence-electron chi connectivity index (χ3n) is 2.78. The third kappa shape index (κ3) is 3.36. The largest absolute Gasteiger partial charge is 0.313 e. The number of rotatable bonds is 5. The van der Waals surface area contributed by atoms with Crippen LogP contribution in [0.15, 0.2) is 18.5 Å². The van der Waals surface area contributed by atoms with Gasteiger partial charge in [0.1, 0.15) is 0 Å². The van der Waals surface area contributed by atoms with Crippen molar-refractivity contribution in [3.8, 4) is 11.8 Å². The second-order valence-electron chi connectivity index (χ2n) is 3.73. The van der Waals surface area contributed by atoms with Crippen molar-refractivity contribution in [3.63, 3.8) is 0 Å². The Kier molecular flexibility index (Phi) is 5.60. The van der Waals surface area contributed by atoms with Gasteiger partial charge in [-0.3, -0.25) is 4.98 Å². The van der Waals surface area contributed by atoms with Gasteiger partial charge in [0.05, 0.1) is 0 Å². The number of nitrogens with zero attached hydrogens (tertiary/aromatic N) is 1. The number of pyridine rings is 1. The van der Waals surface area contributed by atoms with Gasteiger partial charge >= 0.3 is 0 Å². The monoisotopic (exact) mass is 216 g/mol. The summed E-state index contributed by atoms with van der Waals surface area (Å²) in [5.41, 5.74) is 2.68. The Morgan fingerprint density at radius 1 is 1.50 bits per heavy atom. The number of hydrogen-bond acceptors (Lipinski definition) is 2. The van der Waals surface area contributed by atoms with E-state index in [9.17, 15) is 0 Å². The van der Waals surface area contributed by atoms with Crippen LogP contribution in [0.2, 0.25) is 0 Å². The molecule has 1 atom stereocenters. The Balaban J connectivity index is 2.79. The molecular formula is C14H20N2. The zero-order valence-corrected chi connectivity index (χ0v) is 10.4. The Hall–Kier alpha value is -1.33. The SMILES string of the molecule is CC#CCCC(NC)c1ccncc1CC. The molecule has 0 aromatic carbocycles. The van der Waals surface area contributed by atoms with Crippen molar-refractivity contribution in [1.82, 2.24) is 10.3 Å². The van der Waals surface area contributed by atoms with Gasteiger partial charge in [0.2, 0.25) is 0 Å². The zero-order chi connectivity index (χ0) is 11.8. The van der Waals surface area contributed by atoms with E-state index >= 15 is 0 Å². The summed E-state index contributed by atoms with van der Waals surface area (Å²) in [5.74, 6) is 6.05. The van der Waals surface area contributed by atoms with E-state index in [0.29, 0.717) is 6.04 Å². The molecule has 0 aliphatic heterocycles. The first kappa shape index (κ1) is 12.7. The van der Waals surface area contributed by atoms with Crippen LogP contribution in [-0.2, 0) is 6.42 Å². The summed E-state index contributed by atoms with van der Waals surface area (Å²) in [6.45, 7) is 4.05. The number of aromatic nitrogens is 1. The minimum absolute atomic E-state index is 0.388. The molecule has 0 saturated heterocycles. The predicted molar refractivity (Wildman–Crippen MR) is 68.1 cm³/mol. The van der Waals surface area contributed by atoms with Crippen molar-refractivity contribution in [2.24, 2.45) is 0 Å². The lowest BCUT2D eigenvalue weighted by Gasteiger charge is -2.18. The van der Waals surface area contributed by atoms with Gasteiger partial charge in [-0.05, 0) is 44.0 Å². The van der Waals surface area contributed by atoms with Crippen LogP contribution in [0.3, 0.4) is 0 Å². The fraction of sp³-hybridized carbons (Fsp3) is 0.500. The molecule has 0 saturated carbocycles. The van der Waals surface area contributed by atoms with E-state index in [2.05, 4.69) is 35.1 Å². The average molecular weight is 216 g/mol. The van der Waals surface area contributed by atoms with E-state index in [1.54, 1.807) is 0 Å². The highest BCUT2D eigenvalue weighted by atomic mass is 14.9. The summed E-state index contributed by atoms with van der Waals surface area (Å²) in [4.78, 5) is 4.17. The lowest BCUT2D eigenvalue weighted by molar-refractivity contribution is 0.553. The molecule has 1 aromatic heterocycles. The summed E-state index contributed by atoms with van der Waals surface area (Å²) < 4.78 is 0. The summed E-state index contributed by atoms with van der Waals surface area (Å²) >= 11 is 0. The van der Waals surface area contributed by atoms with Gasteiger partial charge in [-0.1, -0.05) is 6.92 Å². The highest BCUT2D eigenvalue weighted by Crippen LogP contribution is 2.21. The van der Waals surface area contributed by atoms with E-state index in [0.717, 1.165) is 19.3 Å². The molecule has 0 bridgehead atoms. The van der Waals surface area contributed by atoms with Gasteiger partial charge < -0.3 is 5.32 Å². The Morgan fingerprint density at radius 2 is 2.31 bits per heavy atom. The fourth-order valence-electron chi connectivity index (χ4n) is 1.87. The maximum Gasteiger partial charge on any atom is 0.0330 e. The van der Waals surface area contributed by atoms with Gasteiger partial charge in [-0.25, -0.2) is 0 Å². The number of hydrogen-bond donors (Lipinski definition) is 1. The second kappa shape index (κ2) is 7.03. The molecule has 86 valence electrons. The molecule has 1 heterocycles. The van der Waals surface area contributed by atoms with Crippen molar-refractivity contribution in [1.29, 1.82) is 0 Å². The quantitative estimate of drug-likeness (QED) is 0.765. The van der Waals surface area contributed by atoms with Crippen molar-refractivity contribution in [2.45, 2.75) is 39.2 Å². The van der Waals surface area contributed by atoms with Crippen molar-refractivity contribution >= 4 is 0 Å². The van der Waals surface area contributed by atoms with Crippen LogP contribution in [0.1, 0.15) is 43.9 Å². The maximum atomic E-state index is 4.17. The number of nitrogens with one attached hydrogen (secondary N) is 1. The Morgan fingerprint density at radius 3 is 2.94 bits per heavy atom. The lowest BCUT2D eigenvalue weighted by Crippen LogP contribution is -2.17. The van der Waals surface area contributed by atoms with Crippen molar-refractivity contribution < 1.29 is 0 Å². The first-order chi connectivity index (χ1) is 7.83. The van der Waals surface area contributed by atoms with Gasteiger partial charge in [0, 0.05) is 24.9 Å². The normalized spacial score (nSPS) is 11.7. The van der Waals surface area contributed by atoms with Gasteiger partial charge in [-0.15, -0.1) is 11.8 Å². The summed E-state index contributed by atoms with van der Waals surface area (Å²) in [6, 6.07) is 2.50. The first-order valence-electron chi connectivity index (χ1n) is 5.83. The molecule has 2 nitrogen and oxygen atoms in total. The molecule has 16 heavy (non-hydrogen) atoms. The molecule has 1 aromatic rings. The van der Waals surface area contributed by atoms with Crippen molar-refractivity contribution in [3.05, 3.63) is 29.6 Å². The smallest absolute Gasteiger partial charge is 0.0330 e. The Labute approximate surface area is 98.5 Å². The van der Waals surface area contributed by atoms with Crippen LogP contribution in [-0.4, -0.2) is 12.0 Å². The van der Waals surface area contributed by atoms with Crippen LogP contribution in [0.5, 0.6) is 0 Å². The van der Waals surface area contributed by atoms with E-state index < -0.39 is 0 Å². The maximum absolute atomic E-state index is 4.17. The van der Waals surface area contributed by atoms with E-state index in [1.165, 1.54) is 11.1 Å². The minimum Gasteiger partial charge on any atom is -0.313 e. The van der Waals surface area contributed by atoms with Crippen LogP contribution in [0.4, 0.5) is 0 Å². The van der Waals surface area contributed by atoms with Gasteiger partial charge in [0.15, 0.2) is 0 Å². The molecule has 0 amide bonds. The standard InChI is InChI=1S/C14H20N2/c1-4-6-7-8-14(15-3)13-9-10-16-11-12(13)5-2/h9-11,14-15H,5,7-8H2,1-3H3. The van der Waals surface area contributed by atoms with Gasteiger partial charge in [-0.2, -0.15) is 0 Å². The topological polar surface area (TPSA) is 24.9 Å². The molecule has 0 spiro atoms. The van der Waals surface area contributed by atoms with E-state index in [4.69, 9.17) is 0 Å². The zero-order valence-electron chi connectivity index (χ0n) is 10.4. The molecule has 0 aliphatic carbocycles. The first-order valence-corrected chi connectivity index (χ1v) is 5.83. The molecular weight excluding hydrogens is 196 g/mol. The molecule has 0 radical (unpaired) electrons. The fourth-order valence-corrected chi connectivity index (χ4v) is 1.87. The lowest BCUT2D eigenvalue weighted by atomic mass is 9.97. The van der Waals surface area contributed by atoms with Crippen molar-refractivity contribution in [2.75, 3.05) is 7.05 Å². The highest BCUT2D eigenvalue weighted by Gasteiger charge is 2.11. The van der Waals surface area contributed by atoms with E-state index in [-0.39, 0.29) is 0 Å². The molecule has 2 heteroatoms. The molecule has 1 unspecified atom stereocenters. The highest BCUT2D eigenvalue weighted by molar-refractivity contribution is 5.26. The number of aryl methyl sites for hydroxylation is 1. The molecule has 1 rings (SSSR count). The van der Waals surface area contributed by atoms with Crippen LogP contribution in [0.25, 0.3) is 0 Å². The van der Waals surface area contributed by atoms with Gasteiger partial charge in [0.25, 0.3) is 0 Å². The van der Waals surface area contributed by atoms with Crippen LogP contribution in [0, 0.1) is 11.8 Å². The minimum atomic E-state index is 0.388. The predicted octanol–water partition coefficient (Wildman–Crippen LogP) is 2.71. The van der Waals surface area contributed by atoms with E-state index in [1.807, 2.05) is 26.4 Å². The molecule has 0 aliphatic rings. The Bertz CT molecular complexity index is 374. The summed E-state index contributed by atoms with van der Waals surface area (Å²) in [7, 11) is 2.00. The average Bonchev–Trinajstić information content (AvgIpc) is 2.35. The second-order valence-corrected chi connectivity index (χ2v) is 3.73.